The lowest BCUT2D eigenvalue weighted by Gasteiger charge is -2.13. The summed E-state index contributed by atoms with van der Waals surface area (Å²) >= 11 is 0. The number of ether oxygens (including phenoxy) is 3. The van der Waals surface area contributed by atoms with Gasteiger partial charge in [0.15, 0.2) is 0 Å². The van der Waals surface area contributed by atoms with Gasteiger partial charge in [-0.15, -0.1) is 13.2 Å². The van der Waals surface area contributed by atoms with Crippen molar-refractivity contribution in [3.05, 3.63) is 17.2 Å². The molecule has 0 spiro atoms. The van der Waals surface area contributed by atoms with Crippen molar-refractivity contribution in [3.8, 4) is 11.8 Å². The van der Waals surface area contributed by atoms with E-state index in [0.717, 1.165) is 6.07 Å². The summed E-state index contributed by atoms with van der Waals surface area (Å²) < 4.78 is 49.5. The molecule has 0 fully saturated rings. The Morgan fingerprint density at radius 3 is 2.53 bits per heavy atom. The number of rotatable bonds is 4. The number of methoxy groups -OCH3 is 1. The Bertz CT molecular complexity index is 474. The fourth-order valence-electron chi connectivity index (χ4n) is 1.38. The van der Waals surface area contributed by atoms with Crippen molar-refractivity contribution in [2.45, 2.75) is 20.2 Å². The van der Waals surface area contributed by atoms with E-state index < -0.39 is 18.2 Å². The second-order valence-corrected chi connectivity index (χ2v) is 3.43. The summed E-state index contributed by atoms with van der Waals surface area (Å²) in [5.74, 6) is -1.70. The smallest absolute Gasteiger partial charge is 0.480 e. The van der Waals surface area contributed by atoms with Gasteiger partial charge in [0.05, 0.1) is 13.7 Å². The van der Waals surface area contributed by atoms with E-state index in [9.17, 15) is 18.0 Å². The van der Waals surface area contributed by atoms with Crippen molar-refractivity contribution in [1.82, 2.24) is 4.98 Å². The average Bonchev–Trinajstić information content (AvgIpc) is 2.25. The molecular weight excluding hydrogens is 267 g/mol. The van der Waals surface area contributed by atoms with Crippen molar-refractivity contribution >= 4 is 5.97 Å². The number of hydrogen-bond donors (Lipinski definition) is 0. The maximum absolute atomic E-state index is 12.1. The normalized spacial score (nSPS) is 11.1. The molecule has 0 N–H and O–H groups in total. The second kappa shape index (κ2) is 5.77. The minimum atomic E-state index is -4.87. The molecule has 5 nitrogen and oxygen atoms in total. The lowest BCUT2D eigenvalue weighted by molar-refractivity contribution is -0.276. The largest absolute Gasteiger partial charge is 0.574 e. The van der Waals surface area contributed by atoms with E-state index in [2.05, 4.69) is 9.72 Å². The van der Waals surface area contributed by atoms with Crippen LogP contribution in [0.1, 0.15) is 22.8 Å². The Balaban J connectivity index is 3.18. The summed E-state index contributed by atoms with van der Waals surface area (Å²) in [4.78, 5) is 15.1. The lowest BCUT2D eigenvalue weighted by atomic mass is 10.1. The zero-order valence-electron chi connectivity index (χ0n) is 10.5. The topological polar surface area (TPSA) is 57.7 Å². The summed E-state index contributed by atoms with van der Waals surface area (Å²) in [6.07, 6.45) is -4.87. The molecule has 1 rings (SSSR count). The first-order chi connectivity index (χ1) is 8.78. The Morgan fingerprint density at radius 1 is 1.42 bits per heavy atom. The molecule has 1 aromatic rings. The van der Waals surface area contributed by atoms with E-state index in [0.29, 0.717) is 0 Å². The first-order valence-electron chi connectivity index (χ1n) is 5.27. The van der Waals surface area contributed by atoms with Gasteiger partial charge in [-0.05, 0) is 19.4 Å². The van der Waals surface area contributed by atoms with Crippen molar-refractivity contribution in [2.75, 3.05) is 13.7 Å². The number of aryl methyl sites for hydroxylation is 1. The summed E-state index contributed by atoms with van der Waals surface area (Å²) in [7, 11) is 1.18. The molecule has 0 aliphatic heterocycles. The maximum Gasteiger partial charge on any atom is 0.574 e. The number of pyridine rings is 1. The van der Waals surface area contributed by atoms with Crippen molar-refractivity contribution in [1.29, 1.82) is 0 Å². The van der Waals surface area contributed by atoms with E-state index in [4.69, 9.17) is 9.47 Å². The third-order valence-electron chi connectivity index (χ3n) is 2.05. The fourth-order valence-corrected chi connectivity index (χ4v) is 1.38. The molecule has 1 aromatic heterocycles. The number of carbonyl (C=O) groups excluding carboxylic acids is 1. The van der Waals surface area contributed by atoms with E-state index in [1.165, 1.54) is 14.0 Å². The summed E-state index contributed by atoms with van der Waals surface area (Å²) in [5, 5.41) is 0. The lowest BCUT2D eigenvalue weighted by Crippen LogP contribution is -2.19. The Kier molecular flexibility index (Phi) is 4.57. The van der Waals surface area contributed by atoms with Crippen LogP contribution in [0.2, 0.25) is 0 Å². The highest BCUT2D eigenvalue weighted by molar-refractivity contribution is 5.93. The number of aromatic nitrogens is 1. The first-order valence-corrected chi connectivity index (χ1v) is 5.27. The quantitative estimate of drug-likeness (QED) is 0.792. The highest BCUT2D eigenvalue weighted by atomic mass is 19.4. The molecule has 8 heteroatoms. The van der Waals surface area contributed by atoms with E-state index in [1.54, 1.807) is 6.92 Å². The molecule has 0 aliphatic carbocycles. The number of nitrogens with zero attached hydrogens (tertiary/aromatic N) is 1. The molecule has 0 unspecified atom stereocenters. The Morgan fingerprint density at radius 2 is 2.05 bits per heavy atom. The summed E-state index contributed by atoms with van der Waals surface area (Å²) in [6.45, 7) is 3.16. The third-order valence-corrected chi connectivity index (χ3v) is 2.05. The molecule has 0 saturated heterocycles. The predicted molar refractivity (Wildman–Crippen MR) is 58.2 cm³/mol. The van der Waals surface area contributed by atoms with Crippen molar-refractivity contribution in [3.63, 3.8) is 0 Å². The van der Waals surface area contributed by atoms with Crippen LogP contribution in [0.3, 0.4) is 0 Å². The monoisotopic (exact) mass is 279 g/mol. The molecule has 0 aromatic carbocycles. The number of hydrogen-bond acceptors (Lipinski definition) is 5. The molecule has 1 heterocycles. The minimum absolute atomic E-state index is 0.0288. The van der Waals surface area contributed by atoms with Gasteiger partial charge < -0.3 is 14.2 Å². The van der Waals surface area contributed by atoms with Crippen LogP contribution in [-0.4, -0.2) is 31.0 Å². The van der Waals surface area contributed by atoms with Crippen LogP contribution in [0, 0.1) is 6.92 Å². The Hall–Kier alpha value is -1.99. The molecule has 0 bridgehead atoms. The zero-order valence-corrected chi connectivity index (χ0v) is 10.5. The van der Waals surface area contributed by atoms with Crippen LogP contribution in [0.25, 0.3) is 0 Å². The minimum Gasteiger partial charge on any atom is -0.480 e. The van der Waals surface area contributed by atoms with Crippen LogP contribution in [0.5, 0.6) is 11.8 Å². The van der Waals surface area contributed by atoms with Crippen LogP contribution in [0.15, 0.2) is 6.07 Å². The van der Waals surface area contributed by atoms with Gasteiger partial charge in [-0.2, -0.15) is 4.98 Å². The van der Waals surface area contributed by atoms with Crippen LogP contribution < -0.4 is 9.47 Å². The van der Waals surface area contributed by atoms with Crippen LogP contribution >= 0.6 is 0 Å². The first kappa shape index (κ1) is 15.1. The van der Waals surface area contributed by atoms with Gasteiger partial charge in [0.1, 0.15) is 5.56 Å². The van der Waals surface area contributed by atoms with Gasteiger partial charge in [-0.3, -0.25) is 0 Å². The molecule has 0 amide bonds. The third kappa shape index (κ3) is 4.01. The maximum atomic E-state index is 12.1. The van der Waals surface area contributed by atoms with E-state index in [-0.39, 0.29) is 23.6 Å². The molecular formula is C11H12F3NO4. The fraction of sp³-hybridized carbons (Fsp3) is 0.455. The van der Waals surface area contributed by atoms with Gasteiger partial charge in [-0.25, -0.2) is 4.79 Å². The number of alkyl halides is 3. The van der Waals surface area contributed by atoms with Gasteiger partial charge in [0.25, 0.3) is 0 Å². The highest BCUT2D eigenvalue weighted by Crippen LogP contribution is 2.28. The number of halogens is 3. The van der Waals surface area contributed by atoms with Crippen molar-refractivity contribution in [2.24, 2.45) is 0 Å². The second-order valence-electron chi connectivity index (χ2n) is 3.43. The highest BCUT2D eigenvalue weighted by Gasteiger charge is 2.33. The molecule has 19 heavy (non-hydrogen) atoms. The van der Waals surface area contributed by atoms with Crippen molar-refractivity contribution < 1.29 is 32.2 Å². The molecule has 0 aliphatic rings. The predicted octanol–water partition coefficient (Wildman–Crippen LogP) is 2.47. The SMILES string of the molecule is CCOC(=O)c1c(C)cc(OC(F)(F)F)nc1OC. The molecule has 0 radical (unpaired) electrons. The van der Waals surface area contributed by atoms with Gasteiger partial charge in [0, 0.05) is 6.07 Å². The molecule has 0 atom stereocenters. The zero-order chi connectivity index (χ0) is 14.6. The molecule has 0 saturated carbocycles. The van der Waals surface area contributed by atoms with Gasteiger partial charge in [-0.1, -0.05) is 0 Å². The van der Waals surface area contributed by atoms with Gasteiger partial charge >= 0.3 is 12.3 Å². The standard InChI is InChI=1S/C11H12F3NO4/c1-4-18-10(16)8-6(2)5-7(15-9(8)17-3)19-11(12,13)14/h5H,4H2,1-3H3. The number of carbonyl (C=O) groups is 1. The summed E-state index contributed by atoms with van der Waals surface area (Å²) in [5.41, 5.74) is 0.184. The molecule has 106 valence electrons. The average molecular weight is 279 g/mol. The van der Waals surface area contributed by atoms with E-state index >= 15 is 0 Å². The Labute approximate surface area is 107 Å². The van der Waals surface area contributed by atoms with Crippen LogP contribution in [0.4, 0.5) is 13.2 Å². The number of esters is 1. The van der Waals surface area contributed by atoms with Gasteiger partial charge in [0.2, 0.25) is 11.8 Å². The van der Waals surface area contributed by atoms with Crippen LogP contribution in [-0.2, 0) is 4.74 Å². The summed E-state index contributed by atoms with van der Waals surface area (Å²) in [6, 6.07) is 0.988. The van der Waals surface area contributed by atoms with E-state index in [1.807, 2.05) is 0 Å².